The lowest BCUT2D eigenvalue weighted by Gasteiger charge is -2.46. The molecule has 2 rings (SSSR count). The van der Waals surface area contributed by atoms with Crippen LogP contribution in [0.4, 0.5) is 5.69 Å². The van der Waals surface area contributed by atoms with Crippen LogP contribution in [0.1, 0.15) is 50.8 Å². The number of carboxylic acids is 1. The average Bonchev–Trinajstić information content (AvgIpc) is 2.36. The molecule has 0 unspecified atom stereocenters. The van der Waals surface area contributed by atoms with Crippen LogP contribution >= 0.6 is 0 Å². The van der Waals surface area contributed by atoms with Gasteiger partial charge in [-0.15, -0.1) is 0 Å². The normalized spacial score (nSPS) is 18.0. The molecule has 0 spiro atoms. The summed E-state index contributed by atoms with van der Waals surface area (Å²) in [7, 11) is 0. The summed E-state index contributed by atoms with van der Waals surface area (Å²) in [5.41, 5.74) is 5.54. The van der Waals surface area contributed by atoms with Crippen LogP contribution in [0.15, 0.2) is 18.2 Å². The lowest BCUT2D eigenvalue weighted by atomic mass is 9.85. The number of nitrogens with zero attached hydrogens (tertiary/aromatic N) is 1. The first kappa shape index (κ1) is 15.6. The minimum atomic E-state index is -0.761. The average molecular weight is 287 g/mol. The van der Waals surface area contributed by atoms with Gasteiger partial charge in [0, 0.05) is 11.3 Å². The quantitative estimate of drug-likeness (QED) is 0.907. The van der Waals surface area contributed by atoms with Crippen molar-refractivity contribution in [2.75, 3.05) is 4.90 Å². The van der Waals surface area contributed by atoms with Gasteiger partial charge in [-0.25, -0.2) is 4.79 Å². The van der Waals surface area contributed by atoms with Gasteiger partial charge < -0.3 is 10.0 Å². The van der Waals surface area contributed by atoms with E-state index in [1.807, 2.05) is 6.92 Å². The highest BCUT2D eigenvalue weighted by Gasteiger charge is 2.38. The van der Waals surface area contributed by atoms with Crippen LogP contribution in [0.2, 0.25) is 0 Å². The van der Waals surface area contributed by atoms with E-state index in [-0.39, 0.29) is 5.54 Å². The third kappa shape index (κ3) is 2.57. The topological polar surface area (TPSA) is 40.5 Å². The number of rotatable bonds is 3. The number of anilines is 1. The Kier molecular flexibility index (Phi) is 3.87. The summed E-state index contributed by atoms with van der Waals surface area (Å²) in [4.78, 5) is 13.8. The molecule has 1 aliphatic heterocycles. The van der Waals surface area contributed by atoms with Gasteiger partial charge in [0.15, 0.2) is 0 Å². The second-order valence-electron chi connectivity index (χ2n) is 6.57. The molecule has 3 heteroatoms. The standard InChI is InChI=1S/C18H25NO2/c1-7-15(17(20)21)19-16-9-12(3)11(2)8-14(16)13(4)10-18(19,5)6/h8-10,15H,7H2,1-6H3,(H,20,21)/t15-/m0/s1. The molecule has 0 radical (unpaired) electrons. The molecule has 1 aliphatic rings. The maximum Gasteiger partial charge on any atom is 0.326 e. The largest absolute Gasteiger partial charge is 0.480 e. The fourth-order valence-corrected chi connectivity index (χ4v) is 3.34. The fraction of sp³-hybridized carbons (Fsp3) is 0.500. The number of carboxylic acid groups (broad SMARTS) is 1. The molecular weight excluding hydrogens is 262 g/mol. The van der Waals surface area contributed by atoms with E-state index in [4.69, 9.17) is 0 Å². The third-order valence-electron chi connectivity index (χ3n) is 4.47. The molecule has 0 saturated carbocycles. The van der Waals surface area contributed by atoms with E-state index in [1.54, 1.807) is 0 Å². The van der Waals surface area contributed by atoms with Crippen molar-refractivity contribution in [3.05, 3.63) is 34.9 Å². The molecule has 0 aromatic heterocycles. The van der Waals surface area contributed by atoms with E-state index in [2.05, 4.69) is 57.7 Å². The molecule has 0 aliphatic carbocycles. The molecule has 1 aromatic carbocycles. The van der Waals surface area contributed by atoms with Crippen molar-refractivity contribution in [1.82, 2.24) is 0 Å². The maximum absolute atomic E-state index is 11.7. The molecule has 1 atom stereocenters. The molecule has 21 heavy (non-hydrogen) atoms. The van der Waals surface area contributed by atoms with Crippen LogP contribution in [0.5, 0.6) is 0 Å². The van der Waals surface area contributed by atoms with Gasteiger partial charge in [-0.1, -0.05) is 13.0 Å². The molecular formula is C18H25NO2. The van der Waals surface area contributed by atoms with E-state index in [0.717, 1.165) is 11.3 Å². The summed E-state index contributed by atoms with van der Waals surface area (Å²) in [6.45, 7) is 12.4. The Balaban J connectivity index is 2.71. The van der Waals surface area contributed by atoms with Crippen molar-refractivity contribution in [1.29, 1.82) is 0 Å². The molecule has 0 fully saturated rings. The van der Waals surface area contributed by atoms with E-state index in [0.29, 0.717) is 6.42 Å². The molecule has 0 saturated heterocycles. The van der Waals surface area contributed by atoms with Crippen molar-refractivity contribution in [2.24, 2.45) is 0 Å². The molecule has 114 valence electrons. The van der Waals surface area contributed by atoms with Gasteiger partial charge >= 0.3 is 5.97 Å². The first-order valence-corrected chi connectivity index (χ1v) is 7.52. The van der Waals surface area contributed by atoms with E-state index in [9.17, 15) is 9.90 Å². The van der Waals surface area contributed by atoms with Gasteiger partial charge in [0.2, 0.25) is 0 Å². The Morgan fingerprint density at radius 1 is 1.24 bits per heavy atom. The van der Waals surface area contributed by atoms with Crippen LogP contribution in [0.25, 0.3) is 5.57 Å². The molecule has 1 N–H and O–H groups in total. The summed E-state index contributed by atoms with van der Waals surface area (Å²) >= 11 is 0. The first-order chi connectivity index (χ1) is 9.69. The Hall–Kier alpha value is -1.77. The van der Waals surface area contributed by atoms with Crippen LogP contribution in [0, 0.1) is 13.8 Å². The zero-order valence-corrected chi connectivity index (χ0v) is 13.8. The number of aryl methyl sites for hydroxylation is 2. The predicted octanol–water partition coefficient (Wildman–Crippen LogP) is 4.17. The number of carbonyl (C=O) groups is 1. The van der Waals surface area contributed by atoms with E-state index in [1.165, 1.54) is 16.7 Å². The lowest BCUT2D eigenvalue weighted by Crippen LogP contribution is -2.54. The van der Waals surface area contributed by atoms with Gasteiger partial charge in [0.25, 0.3) is 0 Å². The summed E-state index contributed by atoms with van der Waals surface area (Å²) in [6.07, 6.45) is 2.76. The summed E-state index contributed by atoms with van der Waals surface area (Å²) in [5, 5.41) is 9.61. The third-order valence-corrected chi connectivity index (χ3v) is 4.47. The highest BCUT2D eigenvalue weighted by atomic mass is 16.4. The van der Waals surface area contributed by atoms with Crippen molar-refractivity contribution < 1.29 is 9.90 Å². The van der Waals surface area contributed by atoms with Crippen molar-refractivity contribution in [2.45, 2.75) is 59.5 Å². The van der Waals surface area contributed by atoms with Gasteiger partial charge in [-0.2, -0.15) is 0 Å². The minimum Gasteiger partial charge on any atom is -0.480 e. The number of benzene rings is 1. The predicted molar refractivity (Wildman–Crippen MR) is 87.8 cm³/mol. The highest BCUT2D eigenvalue weighted by molar-refractivity contribution is 5.87. The van der Waals surface area contributed by atoms with E-state index >= 15 is 0 Å². The molecule has 1 aromatic rings. The number of aliphatic carboxylic acids is 1. The van der Waals surface area contributed by atoms with Crippen molar-refractivity contribution in [3.8, 4) is 0 Å². The number of fused-ring (bicyclic) bond motifs is 1. The van der Waals surface area contributed by atoms with Gasteiger partial charge in [0.1, 0.15) is 6.04 Å². The van der Waals surface area contributed by atoms with Crippen LogP contribution in [0.3, 0.4) is 0 Å². The lowest BCUT2D eigenvalue weighted by molar-refractivity contribution is -0.139. The smallest absolute Gasteiger partial charge is 0.326 e. The highest BCUT2D eigenvalue weighted by Crippen LogP contribution is 2.41. The molecule has 0 bridgehead atoms. The van der Waals surface area contributed by atoms with Crippen molar-refractivity contribution >= 4 is 17.2 Å². The minimum absolute atomic E-state index is 0.308. The second-order valence-corrected chi connectivity index (χ2v) is 6.57. The second kappa shape index (κ2) is 5.21. The van der Waals surface area contributed by atoms with E-state index < -0.39 is 12.0 Å². The Morgan fingerprint density at radius 3 is 2.33 bits per heavy atom. The molecule has 3 nitrogen and oxygen atoms in total. The van der Waals surface area contributed by atoms with Gasteiger partial charge in [0.05, 0.1) is 5.54 Å². The molecule has 0 amide bonds. The first-order valence-electron chi connectivity index (χ1n) is 7.52. The number of allylic oxidation sites excluding steroid dienone is 1. The summed E-state index contributed by atoms with van der Waals surface area (Å²) in [5.74, 6) is -0.761. The number of hydrogen-bond acceptors (Lipinski definition) is 2. The van der Waals surface area contributed by atoms with Crippen molar-refractivity contribution in [3.63, 3.8) is 0 Å². The zero-order chi connectivity index (χ0) is 15.9. The Morgan fingerprint density at radius 2 is 1.81 bits per heavy atom. The van der Waals surface area contributed by atoms with Crippen LogP contribution in [-0.4, -0.2) is 22.7 Å². The van der Waals surface area contributed by atoms with Gasteiger partial charge in [-0.05, 0) is 69.9 Å². The maximum atomic E-state index is 11.7. The monoisotopic (exact) mass is 287 g/mol. The van der Waals surface area contributed by atoms with Gasteiger partial charge in [-0.3, -0.25) is 0 Å². The Labute approximate surface area is 127 Å². The molecule has 1 heterocycles. The fourth-order valence-electron chi connectivity index (χ4n) is 3.34. The summed E-state index contributed by atoms with van der Waals surface area (Å²) in [6, 6.07) is 3.80. The Bertz CT molecular complexity index is 614. The van der Waals surface area contributed by atoms with Crippen LogP contribution < -0.4 is 4.90 Å². The van der Waals surface area contributed by atoms with Crippen LogP contribution in [-0.2, 0) is 4.79 Å². The number of hydrogen-bond donors (Lipinski definition) is 1. The SMILES string of the molecule is CC[C@@H](C(=O)O)N1c2cc(C)c(C)cc2C(C)=CC1(C)C. The summed E-state index contributed by atoms with van der Waals surface area (Å²) < 4.78 is 0. The zero-order valence-electron chi connectivity index (χ0n) is 13.8.